The molecule has 1 fully saturated rings. The van der Waals surface area contributed by atoms with E-state index in [2.05, 4.69) is 15.0 Å². The zero-order chi connectivity index (χ0) is 11.5. The summed E-state index contributed by atoms with van der Waals surface area (Å²) in [5.74, 6) is 0.143. The van der Waals surface area contributed by atoms with E-state index < -0.39 is 5.97 Å². The molecule has 2 rings (SSSR count). The van der Waals surface area contributed by atoms with Crippen molar-refractivity contribution in [3.63, 3.8) is 0 Å². The molecule has 0 atom stereocenters. The molecule has 0 unspecified atom stereocenters. The van der Waals surface area contributed by atoms with Crippen LogP contribution in [-0.4, -0.2) is 24.1 Å². The summed E-state index contributed by atoms with van der Waals surface area (Å²) in [7, 11) is 1.33. The molecular weight excluding hydrogens is 206 g/mol. The summed E-state index contributed by atoms with van der Waals surface area (Å²) in [6.07, 6.45) is 5.05. The number of esters is 1. The third-order valence-electron chi connectivity index (χ3n) is 2.84. The largest absolute Gasteiger partial charge is 0.465 e. The second-order valence-corrected chi connectivity index (χ2v) is 3.88. The van der Waals surface area contributed by atoms with Gasteiger partial charge in [0.05, 0.1) is 18.4 Å². The lowest BCUT2D eigenvalue weighted by Gasteiger charge is -2.27. The van der Waals surface area contributed by atoms with Gasteiger partial charge in [0.2, 0.25) is 0 Å². The standard InChI is InChI=1S/C11H15N3O2/c1-16-11(15)8-5-6-13-10(9(8)12)14-7-3-2-4-7/h5-7H,2-4,12H2,1H3,(H,13,14). The number of methoxy groups -OCH3 is 1. The quantitative estimate of drug-likeness (QED) is 0.755. The number of nitrogen functional groups attached to an aromatic ring is 1. The summed E-state index contributed by atoms with van der Waals surface area (Å²) in [5, 5.41) is 3.22. The number of carbonyl (C=O) groups is 1. The molecule has 5 nitrogen and oxygen atoms in total. The number of ether oxygens (including phenoxy) is 1. The van der Waals surface area contributed by atoms with E-state index in [0.717, 1.165) is 12.8 Å². The Morgan fingerprint density at radius 3 is 2.94 bits per heavy atom. The minimum atomic E-state index is -0.434. The minimum Gasteiger partial charge on any atom is -0.465 e. The third kappa shape index (κ3) is 1.93. The van der Waals surface area contributed by atoms with Gasteiger partial charge in [-0.1, -0.05) is 0 Å². The molecule has 1 aromatic rings. The van der Waals surface area contributed by atoms with E-state index in [0.29, 0.717) is 23.1 Å². The van der Waals surface area contributed by atoms with Crippen LogP contribution in [0.15, 0.2) is 12.3 Å². The van der Waals surface area contributed by atoms with Crippen LogP contribution in [0.3, 0.4) is 0 Å². The van der Waals surface area contributed by atoms with Crippen molar-refractivity contribution in [3.05, 3.63) is 17.8 Å². The Balaban J connectivity index is 2.21. The summed E-state index contributed by atoms with van der Waals surface area (Å²) in [4.78, 5) is 15.5. The first-order valence-electron chi connectivity index (χ1n) is 5.31. The summed E-state index contributed by atoms with van der Waals surface area (Å²) in [6.45, 7) is 0. The van der Waals surface area contributed by atoms with E-state index in [1.165, 1.54) is 13.5 Å². The lowest BCUT2D eigenvalue weighted by molar-refractivity contribution is 0.0602. The molecule has 1 aliphatic rings. The molecule has 0 spiro atoms. The summed E-state index contributed by atoms with van der Waals surface area (Å²) in [6, 6.07) is 2.00. The Labute approximate surface area is 94.0 Å². The maximum atomic E-state index is 11.4. The molecule has 3 N–H and O–H groups in total. The lowest BCUT2D eigenvalue weighted by atomic mass is 9.93. The molecule has 1 saturated carbocycles. The van der Waals surface area contributed by atoms with Crippen molar-refractivity contribution in [1.29, 1.82) is 0 Å². The van der Waals surface area contributed by atoms with Gasteiger partial charge >= 0.3 is 5.97 Å². The molecule has 0 saturated heterocycles. The minimum absolute atomic E-state index is 0.360. The molecule has 1 aliphatic carbocycles. The average molecular weight is 221 g/mol. The summed E-state index contributed by atoms with van der Waals surface area (Å²) < 4.78 is 4.64. The zero-order valence-electron chi connectivity index (χ0n) is 9.19. The van der Waals surface area contributed by atoms with Crippen molar-refractivity contribution in [2.75, 3.05) is 18.2 Å². The SMILES string of the molecule is COC(=O)c1ccnc(NC2CCC2)c1N. The fourth-order valence-electron chi connectivity index (χ4n) is 1.62. The Kier molecular flexibility index (Phi) is 2.94. The number of carbonyl (C=O) groups excluding carboxylic acids is 1. The van der Waals surface area contributed by atoms with Gasteiger partial charge in [-0.25, -0.2) is 9.78 Å². The Bertz CT molecular complexity index is 402. The van der Waals surface area contributed by atoms with E-state index in [1.807, 2.05) is 0 Å². The predicted molar refractivity (Wildman–Crippen MR) is 61.3 cm³/mol. The van der Waals surface area contributed by atoms with Gasteiger partial charge < -0.3 is 15.8 Å². The van der Waals surface area contributed by atoms with Crippen molar-refractivity contribution >= 4 is 17.5 Å². The van der Waals surface area contributed by atoms with Gasteiger partial charge in [0.25, 0.3) is 0 Å². The number of nitrogens with two attached hydrogens (primary N) is 1. The van der Waals surface area contributed by atoms with Gasteiger partial charge in [0.1, 0.15) is 5.82 Å². The maximum Gasteiger partial charge on any atom is 0.340 e. The van der Waals surface area contributed by atoms with Gasteiger partial charge in [-0.3, -0.25) is 0 Å². The van der Waals surface area contributed by atoms with Gasteiger partial charge in [-0.05, 0) is 25.3 Å². The van der Waals surface area contributed by atoms with Gasteiger partial charge in [0, 0.05) is 12.2 Å². The van der Waals surface area contributed by atoms with Crippen LogP contribution < -0.4 is 11.1 Å². The van der Waals surface area contributed by atoms with Crippen LogP contribution >= 0.6 is 0 Å². The lowest BCUT2D eigenvalue weighted by Crippen LogP contribution is -2.28. The Morgan fingerprint density at radius 2 is 2.38 bits per heavy atom. The molecule has 0 bridgehead atoms. The van der Waals surface area contributed by atoms with Crippen LogP contribution in [0, 0.1) is 0 Å². The van der Waals surface area contributed by atoms with Crippen molar-refractivity contribution in [3.8, 4) is 0 Å². The normalized spacial score (nSPS) is 15.3. The van der Waals surface area contributed by atoms with Crippen molar-refractivity contribution in [2.24, 2.45) is 0 Å². The first-order valence-corrected chi connectivity index (χ1v) is 5.31. The third-order valence-corrected chi connectivity index (χ3v) is 2.84. The molecule has 86 valence electrons. The predicted octanol–water partition coefficient (Wildman–Crippen LogP) is 1.41. The van der Waals surface area contributed by atoms with Gasteiger partial charge in [-0.15, -0.1) is 0 Å². The first-order chi connectivity index (χ1) is 7.72. The highest BCUT2D eigenvalue weighted by atomic mass is 16.5. The number of hydrogen-bond acceptors (Lipinski definition) is 5. The zero-order valence-corrected chi connectivity index (χ0v) is 9.19. The fourth-order valence-corrected chi connectivity index (χ4v) is 1.62. The number of nitrogens with one attached hydrogen (secondary N) is 1. The van der Waals surface area contributed by atoms with Crippen LogP contribution in [0.2, 0.25) is 0 Å². The number of hydrogen-bond donors (Lipinski definition) is 2. The maximum absolute atomic E-state index is 11.4. The second-order valence-electron chi connectivity index (χ2n) is 3.88. The smallest absolute Gasteiger partial charge is 0.340 e. The Morgan fingerprint density at radius 1 is 1.62 bits per heavy atom. The van der Waals surface area contributed by atoms with Gasteiger partial charge in [0.15, 0.2) is 0 Å². The van der Waals surface area contributed by atoms with Crippen molar-refractivity contribution in [2.45, 2.75) is 25.3 Å². The first kappa shape index (κ1) is 10.7. The van der Waals surface area contributed by atoms with Crippen LogP contribution in [0.5, 0.6) is 0 Å². The highest BCUT2D eigenvalue weighted by Crippen LogP contribution is 2.27. The number of nitrogens with zero attached hydrogens (tertiary/aromatic N) is 1. The van der Waals surface area contributed by atoms with E-state index >= 15 is 0 Å². The monoisotopic (exact) mass is 221 g/mol. The number of anilines is 2. The molecular formula is C11H15N3O2. The van der Waals surface area contributed by atoms with E-state index in [-0.39, 0.29) is 0 Å². The van der Waals surface area contributed by atoms with Crippen molar-refractivity contribution < 1.29 is 9.53 Å². The highest BCUT2D eigenvalue weighted by molar-refractivity contribution is 5.97. The molecule has 0 aliphatic heterocycles. The molecule has 1 aromatic heterocycles. The van der Waals surface area contributed by atoms with Crippen LogP contribution in [-0.2, 0) is 4.74 Å². The molecule has 0 aromatic carbocycles. The fraction of sp³-hybridized carbons (Fsp3) is 0.455. The van der Waals surface area contributed by atoms with Gasteiger partial charge in [-0.2, -0.15) is 0 Å². The molecule has 0 amide bonds. The highest BCUT2D eigenvalue weighted by Gasteiger charge is 2.20. The molecule has 0 radical (unpaired) electrons. The Hall–Kier alpha value is -1.78. The molecule has 1 heterocycles. The topological polar surface area (TPSA) is 77.2 Å². The van der Waals surface area contributed by atoms with E-state index in [1.54, 1.807) is 12.3 Å². The number of aromatic nitrogens is 1. The van der Waals surface area contributed by atoms with Crippen LogP contribution in [0.1, 0.15) is 29.6 Å². The molecule has 16 heavy (non-hydrogen) atoms. The summed E-state index contributed by atoms with van der Waals surface area (Å²) in [5.41, 5.74) is 6.58. The van der Waals surface area contributed by atoms with Crippen molar-refractivity contribution in [1.82, 2.24) is 4.98 Å². The van der Waals surface area contributed by atoms with Crippen LogP contribution in [0.25, 0.3) is 0 Å². The van der Waals surface area contributed by atoms with Crippen LogP contribution in [0.4, 0.5) is 11.5 Å². The van der Waals surface area contributed by atoms with E-state index in [4.69, 9.17) is 5.73 Å². The van der Waals surface area contributed by atoms with E-state index in [9.17, 15) is 4.79 Å². The summed E-state index contributed by atoms with van der Waals surface area (Å²) >= 11 is 0. The molecule has 5 heteroatoms. The average Bonchev–Trinajstić information content (AvgIpc) is 2.24. The number of pyridine rings is 1. The second kappa shape index (κ2) is 4.38. The number of rotatable bonds is 3.